The lowest BCUT2D eigenvalue weighted by atomic mass is 10.1. The molecule has 112 valence electrons. The van der Waals surface area contributed by atoms with Gasteiger partial charge in [0, 0.05) is 26.2 Å². The van der Waals surface area contributed by atoms with Crippen molar-refractivity contribution >= 4 is 5.91 Å². The van der Waals surface area contributed by atoms with Gasteiger partial charge in [0.05, 0.1) is 12.1 Å². The summed E-state index contributed by atoms with van der Waals surface area (Å²) in [5, 5.41) is 16.2. The molecule has 19 heavy (non-hydrogen) atoms. The van der Waals surface area contributed by atoms with Crippen LogP contribution in [0.5, 0.6) is 0 Å². The monoisotopic (exact) mass is 272 g/mol. The van der Waals surface area contributed by atoms with Crippen LogP contribution in [0.3, 0.4) is 0 Å². The number of hydrogen-bond donors (Lipinski definition) is 3. The lowest BCUT2D eigenvalue weighted by Crippen LogP contribution is -2.49. The molecule has 0 saturated carbocycles. The Kier molecular flexibility index (Phi) is 6.71. The van der Waals surface area contributed by atoms with E-state index in [1.54, 1.807) is 6.92 Å². The van der Waals surface area contributed by atoms with Crippen molar-refractivity contribution in [3.05, 3.63) is 0 Å². The number of amides is 1. The molecule has 3 N–H and O–H groups in total. The first-order chi connectivity index (χ1) is 8.89. The third kappa shape index (κ3) is 7.47. The molecule has 1 atom stereocenters. The Morgan fingerprint density at radius 1 is 1.42 bits per heavy atom. The Morgan fingerprint density at radius 2 is 2.16 bits per heavy atom. The lowest BCUT2D eigenvalue weighted by molar-refractivity contribution is -0.123. The number of nitrogens with zero attached hydrogens (tertiary/aromatic N) is 2. The van der Waals surface area contributed by atoms with Gasteiger partial charge in [-0.25, -0.2) is 0 Å². The third-order valence-corrected chi connectivity index (χ3v) is 3.12. The minimum atomic E-state index is -0.889. The normalized spacial score (nSPS) is 20.9. The molecule has 1 aliphatic heterocycles. The van der Waals surface area contributed by atoms with Gasteiger partial charge >= 0.3 is 0 Å². The zero-order valence-electron chi connectivity index (χ0n) is 12.4. The fourth-order valence-electron chi connectivity index (χ4n) is 2.34. The molecule has 6 heteroatoms. The average Bonchev–Trinajstić information content (AvgIpc) is 2.53. The van der Waals surface area contributed by atoms with Crippen molar-refractivity contribution in [2.24, 2.45) is 0 Å². The minimum absolute atomic E-state index is 0.0130. The summed E-state index contributed by atoms with van der Waals surface area (Å²) in [5.74, 6) is -0.0130. The van der Waals surface area contributed by atoms with Gasteiger partial charge in [-0.3, -0.25) is 9.69 Å². The van der Waals surface area contributed by atoms with Gasteiger partial charge in [-0.15, -0.1) is 0 Å². The van der Waals surface area contributed by atoms with Crippen LogP contribution in [0.25, 0.3) is 0 Å². The second-order valence-electron chi connectivity index (χ2n) is 5.89. The highest BCUT2D eigenvalue weighted by Gasteiger charge is 2.22. The van der Waals surface area contributed by atoms with Gasteiger partial charge in [0.1, 0.15) is 0 Å². The smallest absolute Gasteiger partial charge is 0.234 e. The fraction of sp³-hybridized carbons (Fsp3) is 0.923. The molecule has 1 heterocycles. The van der Waals surface area contributed by atoms with Crippen molar-refractivity contribution in [2.75, 3.05) is 59.9 Å². The fourth-order valence-corrected chi connectivity index (χ4v) is 2.34. The highest BCUT2D eigenvalue weighted by Crippen LogP contribution is 2.02. The quantitative estimate of drug-likeness (QED) is 0.561. The molecular formula is C13H28N4O2. The Balaban J connectivity index is 2.26. The molecule has 6 nitrogen and oxygen atoms in total. The Bertz CT molecular complexity index is 274. The lowest BCUT2D eigenvalue weighted by Gasteiger charge is -2.27. The molecule has 0 aliphatic carbocycles. The maximum atomic E-state index is 11.9. The van der Waals surface area contributed by atoms with Crippen LogP contribution in [0, 0.1) is 0 Å². The molecule has 1 aliphatic rings. The summed E-state index contributed by atoms with van der Waals surface area (Å²) in [4.78, 5) is 15.9. The van der Waals surface area contributed by atoms with E-state index in [-0.39, 0.29) is 12.5 Å². The number of carbonyl (C=O) groups excluding carboxylic acids is 1. The van der Waals surface area contributed by atoms with Crippen LogP contribution in [0.4, 0.5) is 0 Å². The summed E-state index contributed by atoms with van der Waals surface area (Å²) in [7, 11) is 3.81. The number of likely N-dealkylation sites (N-methyl/N-ethyl adjacent to an activating group) is 1. The van der Waals surface area contributed by atoms with E-state index in [1.165, 1.54) is 0 Å². The molecule has 0 aromatic rings. The van der Waals surface area contributed by atoms with Crippen molar-refractivity contribution in [1.82, 2.24) is 20.4 Å². The minimum Gasteiger partial charge on any atom is -0.387 e. The maximum Gasteiger partial charge on any atom is 0.234 e. The average molecular weight is 272 g/mol. The highest BCUT2D eigenvalue weighted by molar-refractivity contribution is 5.78. The van der Waals surface area contributed by atoms with Crippen molar-refractivity contribution in [2.45, 2.75) is 18.9 Å². The van der Waals surface area contributed by atoms with Gasteiger partial charge in [-0.05, 0) is 40.5 Å². The predicted octanol–water partition coefficient (Wildman–Crippen LogP) is -1.29. The highest BCUT2D eigenvalue weighted by atomic mass is 16.3. The second-order valence-corrected chi connectivity index (χ2v) is 5.89. The summed E-state index contributed by atoms with van der Waals surface area (Å²) in [6.45, 7) is 6.79. The topological polar surface area (TPSA) is 67.8 Å². The molecule has 0 aromatic heterocycles. The summed E-state index contributed by atoms with van der Waals surface area (Å²) in [6.07, 6.45) is 1.08. The van der Waals surface area contributed by atoms with Gasteiger partial charge in [0.2, 0.25) is 5.91 Å². The molecule has 0 bridgehead atoms. The Morgan fingerprint density at radius 3 is 2.84 bits per heavy atom. The molecule has 1 unspecified atom stereocenters. The molecule has 1 fully saturated rings. The molecule has 0 aromatic carbocycles. The largest absolute Gasteiger partial charge is 0.387 e. The van der Waals surface area contributed by atoms with E-state index in [9.17, 15) is 9.90 Å². The van der Waals surface area contributed by atoms with E-state index in [0.717, 1.165) is 32.6 Å². The van der Waals surface area contributed by atoms with Crippen LogP contribution in [-0.4, -0.2) is 86.3 Å². The van der Waals surface area contributed by atoms with Gasteiger partial charge in [-0.1, -0.05) is 0 Å². The van der Waals surface area contributed by atoms with Crippen molar-refractivity contribution in [3.63, 3.8) is 0 Å². The van der Waals surface area contributed by atoms with Crippen LogP contribution in [0.2, 0.25) is 0 Å². The van der Waals surface area contributed by atoms with Crippen molar-refractivity contribution in [1.29, 1.82) is 0 Å². The molecular weight excluding hydrogens is 244 g/mol. The van der Waals surface area contributed by atoms with E-state index in [1.807, 2.05) is 19.0 Å². The molecule has 0 spiro atoms. The molecule has 1 rings (SSSR count). The van der Waals surface area contributed by atoms with Crippen LogP contribution in [-0.2, 0) is 4.79 Å². The number of aliphatic hydroxyl groups is 1. The Hall–Kier alpha value is -0.690. The molecule has 1 saturated heterocycles. The number of carbonyl (C=O) groups is 1. The number of rotatable bonds is 6. The molecule has 0 radical (unpaired) electrons. The summed E-state index contributed by atoms with van der Waals surface area (Å²) < 4.78 is 0. The van der Waals surface area contributed by atoms with E-state index < -0.39 is 5.60 Å². The van der Waals surface area contributed by atoms with E-state index in [2.05, 4.69) is 15.5 Å². The number of nitrogens with one attached hydrogen (secondary N) is 2. The SMILES string of the molecule is CN(C)CC(C)(O)CNC(=O)CN1CCCNCC1. The predicted molar refractivity (Wildman–Crippen MR) is 76.1 cm³/mol. The maximum absolute atomic E-state index is 11.9. The first kappa shape index (κ1) is 16.4. The van der Waals surface area contributed by atoms with Gasteiger partial charge in [0.15, 0.2) is 0 Å². The molecule has 1 amide bonds. The van der Waals surface area contributed by atoms with Crippen LogP contribution >= 0.6 is 0 Å². The summed E-state index contributed by atoms with van der Waals surface area (Å²) in [6, 6.07) is 0. The summed E-state index contributed by atoms with van der Waals surface area (Å²) >= 11 is 0. The zero-order valence-corrected chi connectivity index (χ0v) is 12.4. The third-order valence-electron chi connectivity index (χ3n) is 3.12. The van der Waals surface area contributed by atoms with E-state index in [0.29, 0.717) is 13.1 Å². The van der Waals surface area contributed by atoms with Gasteiger partial charge in [-0.2, -0.15) is 0 Å². The van der Waals surface area contributed by atoms with Crippen LogP contribution in [0.15, 0.2) is 0 Å². The summed E-state index contributed by atoms with van der Waals surface area (Å²) in [5.41, 5.74) is -0.889. The zero-order chi connectivity index (χ0) is 14.3. The number of hydrogen-bond acceptors (Lipinski definition) is 5. The first-order valence-electron chi connectivity index (χ1n) is 6.96. The van der Waals surface area contributed by atoms with E-state index in [4.69, 9.17) is 0 Å². The van der Waals surface area contributed by atoms with Crippen molar-refractivity contribution in [3.8, 4) is 0 Å². The standard InChI is InChI=1S/C13H28N4O2/c1-13(19,11-16(2)3)10-15-12(18)9-17-7-4-5-14-6-8-17/h14,19H,4-11H2,1-3H3,(H,15,18). The van der Waals surface area contributed by atoms with Gasteiger partial charge < -0.3 is 20.6 Å². The van der Waals surface area contributed by atoms with Crippen LogP contribution in [0.1, 0.15) is 13.3 Å². The van der Waals surface area contributed by atoms with Crippen LogP contribution < -0.4 is 10.6 Å². The Labute approximate surface area is 116 Å². The van der Waals surface area contributed by atoms with Gasteiger partial charge in [0.25, 0.3) is 0 Å². The van der Waals surface area contributed by atoms with E-state index >= 15 is 0 Å². The van der Waals surface area contributed by atoms with Crippen molar-refractivity contribution < 1.29 is 9.90 Å². The first-order valence-corrected chi connectivity index (χ1v) is 6.96. The second kappa shape index (κ2) is 7.79.